The molecule has 4 rings (SSSR count). The van der Waals surface area contributed by atoms with Gasteiger partial charge >= 0.3 is 0 Å². The molecule has 146 valence electrons. The van der Waals surface area contributed by atoms with Crippen LogP contribution in [-0.4, -0.2) is 24.9 Å². The van der Waals surface area contributed by atoms with Gasteiger partial charge < -0.3 is 10.2 Å². The van der Waals surface area contributed by atoms with Crippen LogP contribution < -0.4 is 10.2 Å². The fourth-order valence-corrected chi connectivity index (χ4v) is 4.50. The Morgan fingerprint density at radius 1 is 0.966 bits per heavy atom. The maximum Gasteiger partial charge on any atom is 0.259 e. The third-order valence-corrected chi connectivity index (χ3v) is 6.09. The molecule has 1 aliphatic rings. The van der Waals surface area contributed by atoms with Crippen LogP contribution in [0, 0.1) is 0 Å². The number of benzene rings is 3. The number of anilines is 1. The molecule has 3 aromatic carbocycles. The molecule has 5 heteroatoms. The van der Waals surface area contributed by atoms with E-state index in [-0.39, 0.29) is 11.8 Å². The number of amides is 2. The van der Waals surface area contributed by atoms with Gasteiger partial charge in [0.2, 0.25) is 0 Å². The molecule has 0 fully saturated rings. The van der Waals surface area contributed by atoms with E-state index in [4.69, 9.17) is 0 Å². The maximum atomic E-state index is 13.1. The van der Waals surface area contributed by atoms with Crippen LogP contribution in [-0.2, 0) is 6.42 Å². The Balaban J connectivity index is 1.55. The lowest BCUT2D eigenvalue weighted by Crippen LogP contribution is -2.31. The average molecular weight is 403 g/mol. The van der Waals surface area contributed by atoms with Gasteiger partial charge in [-0.25, -0.2) is 0 Å². The Morgan fingerprint density at radius 3 is 2.52 bits per heavy atom. The van der Waals surface area contributed by atoms with E-state index in [9.17, 15) is 9.59 Å². The highest BCUT2D eigenvalue weighted by Crippen LogP contribution is 2.41. The second kappa shape index (κ2) is 8.53. The van der Waals surface area contributed by atoms with Gasteiger partial charge in [-0.15, -0.1) is 0 Å². The Morgan fingerprint density at radius 2 is 1.72 bits per heavy atom. The van der Waals surface area contributed by atoms with Crippen LogP contribution in [0.5, 0.6) is 0 Å². The SMILES string of the molecule is CCN1C(=O)c2ccccc2Sc2ccc(C(=O)NCCc3ccccc3)cc21. The van der Waals surface area contributed by atoms with E-state index in [2.05, 4.69) is 5.32 Å². The van der Waals surface area contributed by atoms with E-state index < -0.39 is 0 Å². The summed E-state index contributed by atoms with van der Waals surface area (Å²) in [5, 5.41) is 2.98. The first kappa shape index (κ1) is 19.3. The van der Waals surface area contributed by atoms with E-state index in [1.54, 1.807) is 16.7 Å². The Hall–Kier alpha value is -3.05. The molecule has 1 aliphatic heterocycles. The lowest BCUT2D eigenvalue weighted by Gasteiger charge is -2.21. The molecule has 0 saturated carbocycles. The van der Waals surface area contributed by atoms with Crippen molar-refractivity contribution < 1.29 is 9.59 Å². The molecule has 0 bridgehead atoms. The van der Waals surface area contributed by atoms with Crippen LogP contribution in [0.25, 0.3) is 0 Å². The summed E-state index contributed by atoms with van der Waals surface area (Å²) < 4.78 is 0. The Bertz CT molecular complexity index is 1050. The summed E-state index contributed by atoms with van der Waals surface area (Å²) in [6.45, 7) is 3.06. The van der Waals surface area contributed by atoms with Crippen molar-refractivity contribution >= 4 is 29.3 Å². The highest BCUT2D eigenvalue weighted by Gasteiger charge is 2.26. The van der Waals surface area contributed by atoms with Crippen LogP contribution in [0.4, 0.5) is 5.69 Å². The zero-order chi connectivity index (χ0) is 20.2. The van der Waals surface area contributed by atoms with Crippen LogP contribution in [0.2, 0.25) is 0 Å². The summed E-state index contributed by atoms with van der Waals surface area (Å²) in [5.41, 5.74) is 3.24. The quantitative estimate of drug-likeness (QED) is 0.667. The first-order chi connectivity index (χ1) is 14.2. The number of carbonyl (C=O) groups is 2. The van der Waals surface area contributed by atoms with Crippen molar-refractivity contribution in [3.8, 4) is 0 Å². The van der Waals surface area contributed by atoms with E-state index >= 15 is 0 Å². The molecule has 0 saturated heterocycles. The minimum atomic E-state index is -0.126. The molecule has 0 aromatic heterocycles. The molecule has 1 N–H and O–H groups in total. The lowest BCUT2D eigenvalue weighted by atomic mass is 10.1. The van der Waals surface area contributed by atoms with E-state index in [0.717, 1.165) is 21.9 Å². The van der Waals surface area contributed by atoms with Gasteiger partial charge in [0.25, 0.3) is 11.8 Å². The molecule has 2 amide bonds. The normalized spacial score (nSPS) is 12.7. The van der Waals surface area contributed by atoms with Gasteiger partial charge in [-0.05, 0) is 49.2 Å². The Labute approximate surface area is 174 Å². The third-order valence-electron chi connectivity index (χ3n) is 4.95. The minimum absolute atomic E-state index is 0.0315. The largest absolute Gasteiger partial charge is 0.352 e. The van der Waals surface area contributed by atoms with Crippen molar-refractivity contribution in [1.29, 1.82) is 0 Å². The van der Waals surface area contributed by atoms with E-state index in [1.165, 1.54) is 5.56 Å². The first-order valence-electron chi connectivity index (χ1n) is 9.72. The maximum absolute atomic E-state index is 13.1. The fraction of sp³-hybridized carbons (Fsp3) is 0.167. The highest BCUT2D eigenvalue weighted by atomic mass is 32.2. The predicted molar refractivity (Wildman–Crippen MR) is 117 cm³/mol. The summed E-state index contributed by atoms with van der Waals surface area (Å²) in [6.07, 6.45) is 0.780. The number of carbonyl (C=O) groups excluding carboxylic acids is 2. The molecule has 4 nitrogen and oxygen atoms in total. The van der Waals surface area contributed by atoms with Crippen molar-refractivity contribution in [1.82, 2.24) is 5.32 Å². The molecule has 0 aliphatic carbocycles. The van der Waals surface area contributed by atoms with E-state index in [1.807, 2.05) is 79.7 Å². The van der Waals surface area contributed by atoms with Crippen LogP contribution in [0.15, 0.2) is 82.6 Å². The van der Waals surface area contributed by atoms with Gasteiger partial charge in [-0.3, -0.25) is 9.59 Å². The van der Waals surface area contributed by atoms with Crippen molar-refractivity contribution in [3.05, 3.63) is 89.5 Å². The summed E-state index contributed by atoms with van der Waals surface area (Å²) in [7, 11) is 0. The van der Waals surface area contributed by atoms with Gasteiger partial charge in [0.1, 0.15) is 0 Å². The smallest absolute Gasteiger partial charge is 0.259 e. The van der Waals surface area contributed by atoms with Crippen LogP contribution in [0.1, 0.15) is 33.2 Å². The molecular weight excluding hydrogens is 380 g/mol. The number of rotatable bonds is 5. The molecule has 3 aromatic rings. The molecule has 29 heavy (non-hydrogen) atoms. The molecule has 0 atom stereocenters. The standard InChI is InChI=1S/C24H22N2O2S/c1-2-26-20-16-18(23(27)25-15-14-17-8-4-3-5-9-17)12-13-22(20)29-21-11-7-6-10-19(21)24(26)28/h3-13,16H,2,14-15H2,1H3,(H,25,27). The Kier molecular flexibility index (Phi) is 5.67. The van der Waals surface area contributed by atoms with Gasteiger partial charge in [0.05, 0.1) is 11.3 Å². The summed E-state index contributed by atoms with van der Waals surface area (Å²) in [6, 6.07) is 23.3. The van der Waals surface area contributed by atoms with Crippen molar-refractivity contribution in [2.45, 2.75) is 23.1 Å². The topological polar surface area (TPSA) is 49.4 Å². The number of nitrogens with one attached hydrogen (secondary N) is 1. The second-order valence-corrected chi connectivity index (χ2v) is 7.91. The number of nitrogens with zero attached hydrogens (tertiary/aromatic N) is 1. The monoisotopic (exact) mass is 402 g/mol. The van der Waals surface area contributed by atoms with Crippen LogP contribution in [0.3, 0.4) is 0 Å². The van der Waals surface area contributed by atoms with Crippen molar-refractivity contribution in [2.24, 2.45) is 0 Å². The first-order valence-corrected chi connectivity index (χ1v) is 10.5. The zero-order valence-electron chi connectivity index (χ0n) is 16.2. The van der Waals surface area contributed by atoms with Crippen LogP contribution >= 0.6 is 11.8 Å². The van der Waals surface area contributed by atoms with Gasteiger partial charge in [-0.2, -0.15) is 0 Å². The zero-order valence-corrected chi connectivity index (χ0v) is 17.0. The molecule has 1 heterocycles. The fourth-order valence-electron chi connectivity index (χ4n) is 3.44. The van der Waals surface area contributed by atoms with Crippen molar-refractivity contribution in [3.63, 3.8) is 0 Å². The third kappa shape index (κ3) is 4.05. The highest BCUT2D eigenvalue weighted by molar-refractivity contribution is 7.99. The summed E-state index contributed by atoms with van der Waals surface area (Å²) >= 11 is 1.57. The number of fused-ring (bicyclic) bond motifs is 2. The van der Waals surface area contributed by atoms with E-state index in [0.29, 0.717) is 24.2 Å². The summed E-state index contributed by atoms with van der Waals surface area (Å²) in [4.78, 5) is 29.4. The van der Waals surface area contributed by atoms with Crippen molar-refractivity contribution in [2.75, 3.05) is 18.0 Å². The molecule has 0 radical (unpaired) electrons. The lowest BCUT2D eigenvalue weighted by molar-refractivity contribution is 0.0950. The number of hydrogen-bond acceptors (Lipinski definition) is 3. The minimum Gasteiger partial charge on any atom is -0.352 e. The molecule has 0 unspecified atom stereocenters. The summed E-state index contributed by atoms with van der Waals surface area (Å²) in [5.74, 6) is -0.157. The van der Waals surface area contributed by atoms with Gasteiger partial charge in [0.15, 0.2) is 0 Å². The molecular formula is C24H22N2O2S. The average Bonchev–Trinajstić information content (AvgIpc) is 2.87. The van der Waals surface area contributed by atoms with Gasteiger partial charge in [-0.1, -0.05) is 54.2 Å². The van der Waals surface area contributed by atoms with Gasteiger partial charge in [0, 0.05) is 28.4 Å². The molecule has 0 spiro atoms. The number of hydrogen-bond donors (Lipinski definition) is 1. The predicted octanol–water partition coefficient (Wildman–Crippen LogP) is 4.79. The second-order valence-electron chi connectivity index (χ2n) is 6.82.